The van der Waals surface area contributed by atoms with E-state index in [1.54, 1.807) is 6.26 Å². The number of thioether (sulfide) groups is 1. The molecule has 66 valence electrons. The first kappa shape index (κ1) is 9.61. The molecule has 0 saturated heterocycles. The van der Waals surface area contributed by atoms with Crippen LogP contribution < -0.4 is 0 Å². The zero-order valence-electron chi connectivity index (χ0n) is 6.99. The van der Waals surface area contributed by atoms with Gasteiger partial charge in [0.1, 0.15) is 12.4 Å². The van der Waals surface area contributed by atoms with Crippen LogP contribution in [0.4, 0.5) is 0 Å². The smallest absolute Gasteiger partial charge is 0.220 e. The topological polar surface area (TPSA) is 22.4 Å². The predicted molar refractivity (Wildman–Crippen MR) is 54.3 cm³/mol. The Bertz CT molecular complexity index is 268. The number of thiocarbonyl (C=S) groups is 1. The van der Waals surface area contributed by atoms with Gasteiger partial charge in [0.05, 0.1) is 6.26 Å². The average molecular weight is 202 g/mol. The van der Waals surface area contributed by atoms with Gasteiger partial charge < -0.3 is 9.15 Å². The summed E-state index contributed by atoms with van der Waals surface area (Å²) in [6, 6.07) is 1.89. The number of rotatable bonds is 2. The summed E-state index contributed by atoms with van der Waals surface area (Å²) in [5.74, 6) is 0.888. The van der Waals surface area contributed by atoms with Gasteiger partial charge in [-0.25, -0.2) is 0 Å². The highest BCUT2D eigenvalue weighted by Gasteiger charge is 2.02. The lowest BCUT2D eigenvalue weighted by Gasteiger charge is -2.02. The van der Waals surface area contributed by atoms with Gasteiger partial charge in [-0.2, -0.15) is 0 Å². The molecule has 0 bridgehead atoms. The van der Waals surface area contributed by atoms with E-state index in [0.29, 0.717) is 11.0 Å². The minimum absolute atomic E-state index is 0.502. The van der Waals surface area contributed by atoms with E-state index < -0.39 is 0 Å². The Morgan fingerprint density at radius 3 is 3.00 bits per heavy atom. The lowest BCUT2D eigenvalue weighted by atomic mass is 10.3. The second-order valence-corrected chi connectivity index (χ2v) is 3.65. The van der Waals surface area contributed by atoms with Crippen LogP contribution in [0, 0.1) is 6.92 Å². The molecule has 0 aliphatic heterocycles. The molecule has 0 spiro atoms. The second-order valence-electron chi connectivity index (χ2n) is 2.24. The van der Waals surface area contributed by atoms with Crippen molar-refractivity contribution in [2.24, 2.45) is 0 Å². The molecular formula is C8H10O2S2. The lowest BCUT2D eigenvalue weighted by Crippen LogP contribution is -1.96. The molecular weight excluding hydrogens is 192 g/mol. The molecule has 0 radical (unpaired) electrons. The van der Waals surface area contributed by atoms with E-state index in [9.17, 15) is 0 Å². The Kier molecular flexibility index (Phi) is 3.62. The third-order valence-corrected chi connectivity index (χ3v) is 2.55. The van der Waals surface area contributed by atoms with Crippen LogP contribution >= 0.6 is 24.0 Å². The Morgan fingerprint density at radius 1 is 1.75 bits per heavy atom. The van der Waals surface area contributed by atoms with Crippen molar-refractivity contribution < 1.29 is 9.15 Å². The minimum atomic E-state index is 0.502. The van der Waals surface area contributed by atoms with Gasteiger partial charge >= 0.3 is 0 Å². The van der Waals surface area contributed by atoms with Gasteiger partial charge in [-0.3, -0.25) is 0 Å². The summed E-state index contributed by atoms with van der Waals surface area (Å²) in [6.45, 7) is 2.41. The quantitative estimate of drug-likeness (QED) is 0.688. The molecule has 0 unspecified atom stereocenters. The summed E-state index contributed by atoms with van der Waals surface area (Å²) < 4.78 is 10.9. The van der Waals surface area contributed by atoms with E-state index >= 15 is 0 Å². The first-order valence-corrected chi connectivity index (χ1v) is 5.11. The van der Waals surface area contributed by atoms with Crippen molar-refractivity contribution in [2.45, 2.75) is 13.5 Å². The molecule has 1 aromatic rings. The van der Waals surface area contributed by atoms with Gasteiger partial charge in [0, 0.05) is 5.56 Å². The fourth-order valence-corrected chi connectivity index (χ4v) is 0.992. The molecule has 0 N–H and O–H groups in total. The number of furan rings is 1. The zero-order chi connectivity index (χ0) is 8.97. The van der Waals surface area contributed by atoms with Crippen LogP contribution in [0.2, 0.25) is 0 Å². The molecule has 1 aromatic heterocycles. The van der Waals surface area contributed by atoms with E-state index in [4.69, 9.17) is 21.4 Å². The van der Waals surface area contributed by atoms with Crippen LogP contribution in [0.15, 0.2) is 16.7 Å². The van der Waals surface area contributed by atoms with Gasteiger partial charge in [0.15, 0.2) is 0 Å². The summed E-state index contributed by atoms with van der Waals surface area (Å²) >= 11 is 6.31. The van der Waals surface area contributed by atoms with Gasteiger partial charge in [0.25, 0.3) is 0 Å². The van der Waals surface area contributed by atoms with Crippen molar-refractivity contribution in [1.82, 2.24) is 0 Å². The molecule has 2 nitrogen and oxygen atoms in total. The van der Waals surface area contributed by atoms with Gasteiger partial charge in [-0.1, -0.05) is 11.8 Å². The average Bonchev–Trinajstić information content (AvgIpc) is 2.47. The fourth-order valence-electron chi connectivity index (χ4n) is 0.757. The van der Waals surface area contributed by atoms with E-state index in [1.807, 2.05) is 19.2 Å². The van der Waals surface area contributed by atoms with Crippen molar-refractivity contribution in [1.29, 1.82) is 0 Å². The summed E-state index contributed by atoms with van der Waals surface area (Å²) in [6.07, 6.45) is 3.54. The number of hydrogen-bond donors (Lipinski definition) is 0. The Balaban J connectivity index is 2.43. The normalized spacial score (nSPS) is 9.83. The largest absolute Gasteiger partial charge is 0.474 e. The molecule has 0 aliphatic carbocycles. The van der Waals surface area contributed by atoms with Gasteiger partial charge in [0.2, 0.25) is 4.38 Å². The summed E-state index contributed by atoms with van der Waals surface area (Å²) in [5, 5.41) is 0. The van der Waals surface area contributed by atoms with Gasteiger partial charge in [-0.05, 0) is 31.5 Å². The van der Waals surface area contributed by atoms with E-state index in [1.165, 1.54) is 11.8 Å². The predicted octanol–water partition coefficient (Wildman–Crippen LogP) is 2.75. The Morgan fingerprint density at radius 2 is 2.50 bits per heavy atom. The molecule has 0 aliphatic rings. The number of ether oxygens (including phenoxy) is 1. The van der Waals surface area contributed by atoms with E-state index in [2.05, 4.69) is 0 Å². The highest BCUT2D eigenvalue weighted by atomic mass is 32.2. The molecule has 0 atom stereocenters. The SMILES string of the molecule is CSC(=S)OCc1ccoc1C. The van der Waals surface area contributed by atoms with Crippen LogP contribution in [-0.4, -0.2) is 10.6 Å². The molecule has 1 rings (SSSR count). The molecule has 0 aromatic carbocycles. The van der Waals surface area contributed by atoms with Crippen molar-refractivity contribution in [3.05, 3.63) is 23.7 Å². The third-order valence-electron chi connectivity index (χ3n) is 1.48. The second kappa shape index (κ2) is 4.52. The molecule has 0 amide bonds. The van der Waals surface area contributed by atoms with Crippen molar-refractivity contribution in [3.8, 4) is 0 Å². The van der Waals surface area contributed by atoms with Crippen LogP contribution in [0.1, 0.15) is 11.3 Å². The number of hydrogen-bond acceptors (Lipinski definition) is 4. The molecule has 12 heavy (non-hydrogen) atoms. The highest BCUT2D eigenvalue weighted by Crippen LogP contribution is 2.11. The molecule has 0 fully saturated rings. The van der Waals surface area contributed by atoms with Gasteiger partial charge in [-0.15, -0.1) is 0 Å². The maximum absolute atomic E-state index is 5.25. The van der Waals surface area contributed by atoms with Crippen molar-refractivity contribution >= 4 is 28.4 Å². The maximum atomic E-state index is 5.25. The van der Waals surface area contributed by atoms with Crippen LogP contribution in [-0.2, 0) is 11.3 Å². The summed E-state index contributed by atoms with van der Waals surface area (Å²) in [5.41, 5.74) is 1.05. The first-order chi connectivity index (χ1) is 5.74. The zero-order valence-corrected chi connectivity index (χ0v) is 8.63. The van der Waals surface area contributed by atoms with E-state index in [-0.39, 0.29) is 0 Å². The lowest BCUT2D eigenvalue weighted by molar-refractivity contribution is 0.307. The summed E-state index contributed by atoms with van der Waals surface area (Å²) in [7, 11) is 0. The van der Waals surface area contributed by atoms with Crippen LogP contribution in [0.3, 0.4) is 0 Å². The maximum Gasteiger partial charge on any atom is 0.220 e. The van der Waals surface area contributed by atoms with Crippen molar-refractivity contribution in [3.63, 3.8) is 0 Å². The van der Waals surface area contributed by atoms with Crippen molar-refractivity contribution in [2.75, 3.05) is 6.26 Å². The van der Waals surface area contributed by atoms with Crippen LogP contribution in [0.5, 0.6) is 0 Å². The third kappa shape index (κ3) is 2.53. The first-order valence-electron chi connectivity index (χ1n) is 3.47. The molecule has 4 heteroatoms. The van der Waals surface area contributed by atoms with Crippen LogP contribution in [0.25, 0.3) is 0 Å². The summed E-state index contributed by atoms with van der Waals surface area (Å²) in [4.78, 5) is 0. The standard InChI is InChI=1S/C8H10O2S2/c1-6-7(3-4-9-6)5-10-8(11)12-2/h3-4H,5H2,1-2H3. The number of aryl methyl sites for hydroxylation is 1. The minimum Gasteiger partial charge on any atom is -0.474 e. The Labute approximate surface area is 81.3 Å². The molecule has 0 saturated carbocycles. The fraction of sp³-hybridized carbons (Fsp3) is 0.375. The monoisotopic (exact) mass is 202 g/mol. The highest BCUT2D eigenvalue weighted by molar-refractivity contribution is 8.22. The Hall–Kier alpha value is -0.480. The molecule has 1 heterocycles. The van der Waals surface area contributed by atoms with E-state index in [0.717, 1.165) is 11.3 Å².